The number of hydrogen-bond donors (Lipinski definition) is 3. The van der Waals surface area contributed by atoms with Gasteiger partial charge in [0, 0.05) is 17.2 Å². The minimum Gasteiger partial charge on any atom is -0.375 e. The second kappa shape index (κ2) is 8.58. The number of rotatable bonds is 3. The van der Waals surface area contributed by atoms with Crippen molar-refractivity contribution >= 4 is 50.8 Å². The molecule has 1 aromatic carbocycles. The van der Waals surface area contributed by atoms with Gasteiger partial charge in [-0.15, -0.1) is 0 Å². The molecule has 36 heavy (non-hydrogen) atoms. The summed E-state index contributed by atoms with van der Waals surface area (Å²) in [5.41, 5.74) is 12.7. The fourth-order valence-corrected chi connectivity index (χ4v) is 8.98. The zero-order valence-electron chi connectivity index (χ0n) is 20.5. The Morgan fingerprint density at radius 2 is 1.97 bits per heavy atom. The molecule has 1 heterocycles. The van der Waals surface area contributed by atoms with E-state index in [1.807, 2.05) is 0 Å². The fraction of sp³-hybridized carbons (Fsp3) is 0.519. The predicted molar refractivity (Wildman–Crippen MR) is 145 cm³/mol. The highest BCUT2D eigenvalue weighted by atomic mass is 32.1. The molecule has 1 aromatic heterocycles. The van der Waals surface area contributed by atoms with Crippen molar-refractivity contribution in [2.45, 2.75) is 58.8 Å². The van der Waals surface area contributed by atoms with Crippen LogP contribution in [0.2, 0.25) is 0 Å². The summed E-state index contributed by atoms with van der Waals surface area (Å²) in [7, 11) is 0. The lowest BCUT2D eigenvalue weighted by Crippen LogP contribution is -2.49. The summed E-state index contributed by atoms with van der Waals surface area (Å²) >= 11 is 6.57. The lowest BCUT2D eigenvalue weighted by Gasteiger charge is -2.56. The van der Waals surface area contributed by atoms with Crippen LogP contribution in [0.4, 0.5) is 19.6 Å². The van der Waals surface area contributed by atoms with E-state index in [2.05, 4.69) is 35.8 Å². The van der Waals surface area contributed by atoms with E-state index in [-0.39, 0.29) is 21.6 Å². The second-order valence-corrected chi connectivity index (χ2v) is 12.7. The number of hydrazone groups is 1. The smallest absolute Gasteiger partial charge is 0.188 e. The van der Waals surface area contributed by atoms with Crippen LogP contribution in [0.25, 0.3) is 5.57 Å². The molecule has 190 valence electrons. The van der Waals surface area contributed by atoms with Gasteiger partial charge in [0.05, 0.1) is 16.3 Å². The number of nitrogens with two attached hydrogens (primary N) is 1. The van der Waals surface area contributed by atoms with Crippen molar-refractivity contribution in [3.8, 4) is 0 Å². The Balaban J connectivity index is 1.29. The van der Waals surface area contributed by atoms with Gasteiger partial charge in [-0.25, -0.2) is 13.8 Å². The number of anilines is 2. The molecular weight excluding hydrogens is 496 g/mol. The molecular formula is C27H31F2N5S2. The molecule has 0 saturated heterocycles. The van der Waals surface area contributed by atoms with Gasteiger partial charge in [0.15, 0.2) is 10.2 Å². The summed E-state index contributed by atoms with van der Waals surface area (Å²) in [4.78, 5) is 6.04. The Kier molecular flexibility index (Phi) is 5.72. The number of halogens is 2. The highest BCUT2D eigenvalue weighted by Crippen LogP contribution is 2.65. The van der Waals surface area contributed by atoms with E-state index < -0.39 is 11.6 Å². The van der Waals surface area contributed by atoms with Crippen LogP contribution in [0.1, 0.15) is 62.9 Å². The first-order valence-corrected chi connectivity index (χ1v) is 14.0. The van der Waals surface area contributed by atoms with E-state index in [1.165, 1.54) is 34.7 Å². The van der Waals surface area contributed by atoms with Crippen LogP contribution in [0.3, 0.4) is 0 Å². The van der Waals surface area contributed by atoms with Crippen molar-refractivity contribution in [1.29, 1.82) is 0 Å². The van der Waals surface area contributed by atoms with Gasteiger partial charge in [0.25, 0.3) is 0 Å². The Bertz CT molecular complexity index is 1300. The third-order valence-corrected chi connectivity index (χ3v) is 10.6. The van der Waals surface area contributed by atoms with Gasteiger partial charge >= 0.3 is 0 Å². The highest BCUT2D eigenvalue weighted by molar-refractivity contribution is 7.80. The number of thiocarbonyl (C=S) groups is 1. The number of aromatic nitrogens is 1. The minimum atomic E-state index is -0.610. The van der Waals surface area contributed by atoms with Crippen LogP contribution in [-0.2, 0) is 6.42 Å². The fourth-order valence-electron chi connectivity index (χ4n) is 7.73. The van der Waals surface area contributed by atoms with Crippen LogP contribution < -0.4 is 16.5 Å². The van der Waals surface area contributed by atoms with Crippen LogP contribution in [0, 0.1) is 40.2 Å². The first-order chi connectivity index (χ1) is 17.2. The third kappa shape index (κ3) is 3.69. The Labute approximate surface area is 219 Å². The molecule has 4 aliphatic carbocycles. The quantitative estimate of drug-likeness (QED) is 0.312. The molecule has 4 aliphatic rings. The lowest BCUT2D eigenvalue weighted by molar-refractivity contribution is 0.0116. The van der Waals surface area contributed by atoms with Crippen LogP contribution in [0.5, 0.6) is 0 Å². The SMILES string of the molecule is C[C@]12CCc3nc(Nc4ccc(F)cc4F)sc3C1=CC[C@@H]1[C@@H]2CC[C@]2(C)/C(=N/NC(N)=S)CC[C@@H]12. The van der Waals surface area contributed by atoms with Crippen molar-refractivity contribution in [2.24, 2.45) is 39.4 Å². The van der Waals surface area contributed by atoms with Crippen LogP contribution in [0.15, 0.2) is 29.4 Å². The number of benzene rings is 1. The monoisotopic (exact) mass is 527 g/mol. The van der Waals surface area contributed by atoms with Crippen molar-refractivity contribution in [3.63, 3.8) is 0 Å². The van der Waals surface area contributed by atoms with Crippen molar-refractivity contribution < 1.29 is 8.78 Å². The minimum absolute atomic E-state index is 0.0985. The standard InChI is InChI=1S/C27H31F2N5S2/c1-26-12-10-21-23(36-25(32-21)31-20-7-3-14(28)13-19(20)29)18(26)5-4-15-16-6-8-22(33-34-24(30)35)27(16,2)11-9-17(15)26/h3,5,7,13,15-17H,4,6,8-12H2,1-2H3,(H,31,32)(H3,30,34,35)/b33-22+/t15-,16-,17-,26+,27-/m0/s1. The number of nitrogens with one attached hydrogen (secondary N) is 2. The topological polar surface area (TPSA) is 75.3 Å². The maximum absolute atomic E-state index is 14.2. The average molecular weight is 528 g/mol. The van der Waals surface area contributed by atoms with E-state index in [4.69, 9.17) is 22.9 Å². The first kappa shape index (κ1) is 24.0. The van der Waals surface area contributed by atoms with E-state index in [0.29, 0.717) is 22.9 Å². The molecule has 2 saturated carbocycles. The number of aryl methyl sites for hydroxylation is 1. The van der Waals surface area contributed by atoms with E-state index >= 15 is 0 Å². The largest absolute Gasteiger partial charge is 0.375 e. The van der Waals surface area contributed by atoms with Gasteiger partial charge in [-0.2, -0.15) is 5.10 Å². The first-order valence-electron chi connectivity index (χ1n) is 12.7. The van der Waals surface area contributed by atoms with Crippen molar-refractivity contribution in [3.05, 3.63) is 46.5 Å². The number of thiazole rings is 1. The summed E-state index contributed by atoms with van der Waals surface area (Å²) in [5.74, 6) is 0.674. The normalized spacial score (nSPS) is 33.7. The Morgan fingerprint density at radius 1 is 1.17 bits per heavy atom. The molecule has 2 fully saturated rings. The molecule has 5 atom stereocenters. The van der Waals surface area contributed by atoms with Gasteiger partial charge in [0.1, 0.15) is 11.6 Å². The van der Waals surface area contributed by atoms with Gasteiger partial charge in [0.2, 0.25) is 0 Å². The van der Waals surface area contributed by atoms with E-state index in [1.54, 1.807) is 11.3 Å². The second-order valence-electron chi connectivity index (χ2n) is 11.2. The van der Waals surface area contributed by atoms with Gasteiger partial charge < -0.3 is 11.1 Å². The molecule has 0 aliphatic heterocycles. The van der Waals surface area contributed by atoms with E-state index in [9.17, 15) is 8.78 Å². The summed E-state index contributed by atoms with van der Waals surface area (Å²) in [5, 5.41) is 8.58. The maximum atomic E-state index is 14.2. The molecule has 0 amide bonds. The van der Waals surface area contributed by atoms with Gasteiger partial charge in [-0.3, -0.25) is 5.43 Å². The van der Waals surface area contributed by atoms with Gasteiger partial charge in [-0.05, 0) is 98.0 Å². The van der Waals surface area contributed by atoms with E-state index in [0.717, 1.165) is 50.3 Å². The molecule has 0 radical (unpaired) electrons. The highest BCUT2D eigenvalue weighted by Gasteiger charge is 2.58. The molecule has 2 aromatic rings. The van der Waals surface area contributed by atoms with Crippen LogP contribution in [-0.4, -0.2) is 15.8 Å². The van der Waals surface area contributed by atoms with Crippen molar-refractivity contribution in [1.82, 2.24) is 10.4 Å². The van der Waals surface area contributed by atoms with Crippen molar-refractivity contribution in [2.75, 3.05) is 5.32 Å². The summed E-state index contributed by atoms with van der Waals surface area (Å²) in [6.45, 7) is 4.84. The maximum Gasteiger partial charge on any atom is 0.188 e. The summed E-state index contributed by atoms with van der Waals surface area (Å²) < 4.78 is 27.6. The Morgan fingerprint density at radius 3 is 2.75 bits per heavy atom. The molecule has 6 rings (SSSR count). The number of allylic oxidation sites excluding steroid dienone is 2. The summed E-state index contributed by atoms with van der Waals surface area (Å²) in [6, 6.07) is 3.58. The zero-order valence-corrected chi connectivity index (χ0v) is 22.2. The molecule has 0 unspecified atom stereocenters. The number of hydrogen-bond acceptors (Lipinski definition) is 5. The average Bonchev–Trinajstić information content (AvgIpc) is 3.39. The molecule has 4 N–H and O–H groups in total. The van der Waals surface area contributed by atoms with Gasteiger partial charge in [-0.1, -0.05) is 31.3 Å². The third-order valence-electron chi connectivity index (χ3n) is 9.50. The molecule has 9 heteroatoms. The van der Waals surface area contributed by atoms with Crippen LogP contribution >= 0.6 is 23.6 Å². The number of nitrogens with zero attached hydrogens (tertiary/aromatic N) is 2. The predicted octanol–water partition coefficient (Wildman–Crippen LogP) is 6.54. The summed E-state index contributed by atoms with van der Waals surface area (Å²) in [6.07, 6.45) is 10.0. The molecule has 5 nitrogen and oxygen atoms in total. The number of fused-ring (bicyclic) bond motifs is 7. The molecule has 0 bridgehead atoms. The lowest BCUT2D eigenvalue weighted by atomic mass is 9.48. The Hall–Kier alpha value is -2.39. The zero-order chi connectivity index (χ0) is 25.2. The molecule has 0 spiro atoms.